The standard InChI is InChI=1S/C12H22N4O/c1-5-6-7-17-12-10(13)11(14-8(2)3)15-9(4)16-12/h8H,5-7,13H2,1-4H3,(H,14,15,16). The lowest BCUT2D eigenvalue weighted by Gasteiger charge is -2.14. The number of hydrogen-bond donors (Lipinski definition) is 2. The summed E-state index contributed by atoms with van der Waals surface area (Å²) in [5.41, 5.74) is 6.46. The van der Waals surface area contributed by atoms with E-state index in [4.69, 9.17) is 10.5 Å². The molecule has 0 aliphatic rings. The highest BCUT2D eigenvalue weighted by molar-refractivity contribution is 5.67. The van der Waals surface area contributed by atoms with Gasteiger partial charge >= 0.3 is 0 Å². The number of rotatable bonds is 6. The van der Waals surface area contributed by atoms with Crippen molar-refractivity contribution in [2.75, 3.05) is 17.7 Å². The van der Waals surface area contributed by atoms with Gasteiger partial charge < -0.3 is 15.8 Å². The van der Waals surface area contributed by atoms with E-state index in [2.05, 4.69) is 22.2 Å². The zero-order chi connectivity index (χ0) is 12.8. The van der Waals surface area contributed by atoms with Gasteiger partial charge in [0.25, 0.3) is 0 Å². The summed E-state index contributed by atoms with van der Waals surface area (Å²) in [5.74, 6) is 1.79. The Morgan fingerprint density at radius 1 is 1.35 bits per heavy atom. The molecule has 0 bridgehead atoms. The SMILES string of the molecule is CCCCOc1nc(C)nc(NC(C)C)c1N. The summed E-state index contributed by atoms with van der Waals surface area (Å²) in [5, 5.41) is 3.19. The monoisotopic (exact) mass is 238 g/mol. The molecule has 0 amide bonds. The Balaban J connectivity index is 2.85. The maximum atomic E-state index is 5.97. The van der Waals surface area contributed by atoms with E-state index in [9.17, 15) is 0 Å². The van der Waals surface area contributed by atoms with Crippen molar-refractivity contribution in [3.05, 3.63) is 5.82 Å². The van der Waals surface area contributed by atoms with E-state index in [0.717, 1.165) is 12.8 Å². The maximum Gasteiger partial charge on any atom is 0.242 e. The van der Waals surface area contributed by atoms with Crippen molar-refractivity contribution >= 4 is 11.5 Å². The Morgan fingerprint density at radius 2 is 2.06 bits per heavy atom. The average Bonchev–Trinajstić information content (AvgIpc) is 2.24. The molecular weight excluding hydrogens is 216 g/mol. The van der Waals surface area contributed by atoms with Gasteiger partial charge in [-0.1, -0.05) is 13.3 Å². The number of nitrogen functional groups attached to an aromatic ring is 1. The molecule has 1 heterocycles. The maximum absolute atomic E-state index is 5.97. The van der Waals surface area contributed by atoms with Crippen molar-refractivity contribution in [3.63, 3.8) is 0 Å². The van der Waals surface area contributed by atoms with Crippen LogP contribution in [0.15, 0.2) is 0 Å². The zero-order valence-electron chi connectivity index (χ0n) is 11.1. The molecular formula is C12H22N4O. The summed E-state index contributed by atoms with van der Waals surface area (Å²) in [7, 11) is 0. The van der Waals surface area contributed by atoms with Crippen LogP contribution >= 0.6 is 0 Å². The van der Waals surface area contributed by atoms with Gasteiger partial charge in [0.15, 0.2) is 5.82 Å². The molecule has 1 aromatic rings. The number of unbranched alkanes of at least 4 members (excludes halogenated alkanes) is 1. The molecule has 0 aromatic carbocycles. The Hall–Kier alpha value is -1.52. The van der Waals surface area contributed by atoms with E-state index < -0.39 is 0 Å². The second kappa shape index (κ2) is 6.27. The molecule has 0 unspecified atom stereocenters. The number of hydrogen-bond acceptors (Lipinski definition) is 5. The average molecular weight is 238 g/mol. The molecule has 5 heteroatoms. The molecule has 0 saturated heterocycles. The van der Waals surface area contributed by atoms with E-state index in [1.165, 1.54) is 0 Å². The lowest BCUT2D eigenvalue weighted by Crippen LogP contribution is -2.15. The van der Waals surface area contributed by atoms with Crippen LogP contribution < -0.4 is 15.8 Å². The van der Waals surface area contributed by atoms with Gasteiger partial charge in [0.1, 0.15) is 11.5 Å². The summed E-state index contributed by atoms with van der Waals surface area (Å²) in [6.07, 6.45) is 2.08. The van der Waals surface area contributed by atoms with Crippen molar-refractivity contribution in [1.82, 2.24) is 9.97 Å². The van der Waals surface area contributed by atoms with Gasteiger partial charge in [0.05, 0.1) is 6.61 Å². The molecule has 0 atom stereocenters. The Labute approximate surface area is 103 Å². The molecule has 0 aliphatic heterocycles. The van der Waals surface area contributed by atoms with Crippen LogP contribution in [0.4, 0.5) is 11.5 Å². The topological polar surface area (TPSA) is 73.1 Å². The lowest BCUT2D eigenvalue weighted by atomic mass is 10.3. The van der Waals surface area contributed by atoms with Crippen LogP contribution in [0.2, 0.25) is 0 Å². The van der Waals surface area contributed by atoms with Crippen molar-refractivity contribution in [2.45, 2.75) is 46.6 Å². The van der Waals surface area contributed by atoms with Crippen LogP contribution in [0.5, 0.6) is 5.88 Å². The van der Waals surface area contributed by atoms with Crippen LogP contribution in [-0.2, 0) is 0 Å². The first-order valence-electron chi connectivity index (χ1n) is 6.08. The van der Waals surface area contributed by atoms with E-state index in [0.29, 0.717) is 29.8 Å². The van der Waals surface area contributed by atoms with E-state index >= 15 is 0 Å². The largest absolute Gasteiger partial charge is 0.476 e. The van der Waals surface area contributed by atoms with Crippen LogP contribution in [0, 0.1) is 6.92 Å². The minimum Gasteiger partial charge on any atom is -0.476 e. The summed E-state index contributed by atoms with van der Waals surface area (Å²) < 4.78 is 5.56. The summed E-state index contributed by atoms with van der Waals surface area (Å²) in [6, 6.07) is 0.273. The Morgan fingerprint density at radius 3 is 2.65 bits per heavy atom. The highest BCUT2D eigenvalue weighted by Gasteiger charge is 2.11. The molecule has 0 spiro atoms. The van der Waals surface area contributed by atoms with Crippen molar-refractivity contribution in [3.8, 4) is 5.88 Å². The second-order valence-electron chi connectivity index (χ2n) is 4.34. The van der Waals surface area contributed by atoms with Gasteiger partial charge in [-0.15, -0.1) is 0 Å². The molecule has 1 rings (SSSR count). The number of anilines is 2. The molecule has 0 aliphatic carbocycles. The quantitative estimate of drug-likeness (QED) is 0.744. The second-order valence-corrected chi connectivity index (χ2v) is 4.34. The molecule has 0 fully saturated rings. The molecule has 1 aromatic heterocycles. The van der Waals surface area contributed by atoms with Gasteiger partial charge in [0.2, 0.25) is 5.88 Å². The fourth-order valence-electron chi connectivity index (χ4n) is 1.36. The lowest BCUT2D eigenvalue weighted by molar-refractivity contribution is 0.298. The third kappa shape index (κ3) is 4.09. The number of nitrogens with zero attached hydrogens (tertiary/aromatic N) is 2. The first kappa shape index (κ1) is 13.5. The van der Waals surface area contributed by atoms with Gasteiger partial charge in [-0.3, -0.25) is 0 Å². The van der Waals surface area contributed by atoms with Crippen molar-refractivity contribution in [2.24, 2.45) is 0 Å². The fourth-order valence-corrected chi connectivity index (χ4v) is 1.36. The third-order valence-electron chi connectivity index (χ3n) is 2.18. The Bertz CT molecular complexity index is 366. The van der Waals surface area contributed by atoms with Gasteiger partial charge in [0, 0.05) is 6.04 Å². The van der Waals surface area contributed by atoms with Crippen LogP contribution in [0.3, 0.4) is 0 Å². The van der Waals surface area contributed by atoms with E-state index in [1.807, 2.05) is 20.8 Å². The molecule has 3 N–H and O–H groups in total. The third-order valence-corrected chi connectivity index (χ3v) is 2.18. The molecule has 17 heavy (non-hydrogen) atoms. The van der Waals surface area contributed by atoms with Gasteiger partial charge in [-0.05, 0) is 27.2 Å². The zero-order valence-corrected chi connectivity index (χ0v) is 11.1. The van der Waals surface area contributed by atoms with E-state index in [1.54, 1.807) is 0 Å². The van der Waals surface area contributed by atoms with Gasteiger partial charge in [-0.2, -0.15) is 4.98 Å². The molecule has 96 valence electrons. The number of aryl methyl sites for hydroxylation is 1. The number of nitrogens with one attached hydrogen (secondary N) is 1. The van der Waals surface area contributed by atoms with Crippen molar-refractivity contribution < 1.29 is 4.74 Å². The minimum absolute atomic E-state index is 0.273. The summed E-state index contributed by atoms with van der Waals surface area (Å²) in [6.45, 7) is 8.66. The Kier molecular flexibility index (Phi) is 5.00. The van der Waals surface area contributed by atoms with Gasteiger partial charge in [-0.25, -0.2) is 4.98 Å². The van der Waals surface area contributed by atoms with Crippen molar-refractivity contribution in [1.29, 1.82) is 0 Å². The first-order chi connectivity index (χ1) is 8.04. The molecule has 0 radical (unpaired) electrons. The highest BCUT2D eigenvalue weighted by atomic mass is 16.5. The number of nitrogens with two attached hydrogens (primary N) is 1. The number of aromatic nitrogens is 2. The predicted molar refractivity (Wildman–Crippen MR) is 70.3 cm³/mol. The van der Waals surface area contributed by atoms with E-state index in [-0.39, 0.29) is 6.04 Å². The fraction of sp³-hybridized carbons (Fsp3) is 0.667. The molecule has 5 nitrogen and oxygen atoms in total. The van der Waals surface area contributed by atoms with Crippen LogP contribution in [0.1, 0.15) is 39.4 Å². The molecule has 0 saturated carbocycles. The van der Waals surface area contributed by atoms with Crippen LogP contribution in [0.25, 0.3) is 0 Å². The predicted octanol–water partition coefficient (Wildman–Crippen LogP) is 2.37. The summed E-state index contributed by atoms with van der Waals surface area (Å²) in [4.78, 5) is 8.49. The minimum atomic E-state index is 0.273. The summed E-state index contributed by atoms with van der Waals surface area (Å²) >= 11 is 0. The smallest absolute Gasteiger partial charge is 0.242 e. The van der Waals surface area contributed by atoms with Crippen LogP contribution in [-0.4, -0.2) is 22.6 Å². The number of ether oxygens (including phenoxy) is 1. The normalized spacial score (nSPS) is 10.6. The first-order valence-corrected chi connectivity index (χ1v) is 6.08. The highest BCUT2D eigenvalue weighted by Crippen LogP contribution is 2.26.